The van der Waals surface area contributed by atoms with Crippen molar-refractivity contribution in [3.63, 3.8) is 0 Å². The van der Waals surface area contributed by atoms with Gasteiger partial charge in [0.25, 0.3) is 0 Å². The molecule has 0 radical (unpaired) electrons. The lowest BCUT2D eigenvalue weighted by molar-refractivity contribution is 0.277. The van der Waals surface area contributed by atoms with Gasteiger partial charge in [0.05, 0.1) is 0 Å². The van der Waals surface area contributed by atoms with Gasteiger partial charge < -0.3 is 5.11 Å². The zero-order valence-electron chi connectivity index (χ0n) is 5.87. The first kappa shape index (κ1) is 9.47. The van der Waals surface area contributed by atoms with Crippen molar-refractivity contribution in [3.05, 3.63) is 36.4 Å². The van der Waals surface area contributed by atoms with Gasteiger partial charge in [-0.15, -0.1) is 0 Å². The first-order valence-corrected chi connectivity index (χ1v) is 3.49. The molecule has 0 heterocycles. The van der Waals surface area contributed by atoms with Gasteiger partial charge >= 0.3 is 0 Å². The van der Waals surface area contributed by atoms with Crippen molar-refractivity contribution in [3.8, 4) is 0 Å². The normalized spacial score (nSPS) is 11.1. The van der Waals surface area contributed by atoms with Crippen LogP contribution in [0, 0.1) is 0 Å². The van der Waals surface area contributed by atoms with Gasteiger partial charge in [0, 0.05) is 0 Å². The van der Waals surface area contributed by atoms with Crippen LogP contribution in [0.5, 0.6) is 0 Å². The second-order valence-electron chi connectivity index (χ2n) is 1.73. The molecular weight excluding hydrogens is 148 g/mol. The van der Waals surface area contributed by atoms with Crippen molar-refractivity contribution < 1.29 is 5.11 Å². The highest BCUT2D eigenvalue weighted by Gasteiger charge is 1.72. The number of rotatable bonds is 0. The molecule has 56 valence electrons. The summed E-state index contributed by atoms with van der Waals surface area (Å²) < 4.78 is 0. The summed E-state index contributed by atoms with van der Waals surface area (Å²) in [6.07, 6.45) is 0. The Bertz CT molecular complexity index is 110. The fourth-order valence-corrected chi connectivity index (χ4v) is 0.385. The minimum Gasteiger partial charge on any atom is -0.378 e. The average molecular weight is 159 g/mol. The van der Waals surface area contributed by atoms with E-state index < -0.39 is 5.56 Å². The molecule has 0 spiro atoms. The van der Waals surface area contributed by atoms with E-state index in [0.717, 1.165) is 0 Å². The monoisotopic (exact) mass is 158 g/mol. The molecule has 0 aliphatic heterocycles. The molecule has 0 aliphatic carbocycles. The number of aliphatic hydroxyl groups is 1. The number of hydrogen-bond donors (Lipinski definition) is 1. The highest BCUT2D eigenvalue weighted by molar-refractivity contribution is 6.19. The summed E-state index contributed by atoms with van der Waals surface area (Å²) in [6.45, 7) is 1.49. The molecular formula is C8H11ClO. The van der Waals surface area contributed by atoms with E-state index in [2.05, 4.69) is 0 Å². The molecule has 1 atom stereocenters. The minimum atomic E-state index is -0.694. The van der Waals surface area contributed by atoms with Gasteiger partial charge in [0.2, 0.25) is 0 Å². The second kappa shape index (κ2) is 6.59. The lowest BCUT2D eigenvalue weighted by Crippen LogP contribution is -1.79. The molecule has 10 heavy (non-hydrogen) atoms. The van der Waals surface area contributed by atoms with Crippen LogP contribution in [-0.4, -0.2) is 10.7 Å². The topological polar surface area (TPSA) is 20.2 Å². The summed E-state index contributed by atoms with van der Waals surface area (Å²) in [5.41, 5.74) is -0.694. The zero-order valence-corrected chi connectivity index (χ0v) is 6.62. The Morgan fingerprint density at radius 3 is 1.20 bits per heavy atom. The zero-order chi connectivity index (χ0) is 7.82. The molecule has 1 aromatic rings. The Morgan fingerprint density at radius 1 is 1.00 bits per heavy atom. The van der Waals surface area contributed by atoms with Gasteiger partial charge in [-0.2, -0.15) is 0 Å². The molecule has 0 fully saturated rings. The molecule has 0 aromatic heterocycles. The molecule has 0 bridgehead atoms. The summed E-state index contributed by atoms with van der Waals surface area (Å²) in [5.74, 6) is 0. The van der Waals surface area contributed by atoms with Gasteiger partial charge in [0.1, 0.15) is 5.56 Å². The summed E-state index contributed by atoms with van der Waals surface area (Å²) in [4.78, 5) is 0. The van der Waals surface area contributed by atoms with E-state index in [1.165, 1.54) is 6.92 Å². The lowest BCUT2D eigenvalue weighted by atomic mass is 10.4. The van der Waals surface area contributed by atoms with E-state index in [1.54, 1.807) is 0 Å². The van der Waals surface area contributed by atoms with E-state index in [-0.39, 0.29) is 0 Å². The summed E-state index contributed by atoms with van der Waals surface area (Å²) in [6, 6.07) is 12.0. The number of alkyl halides is 1. The van der Waals surface area contributed by atoms with Crippen molar-refractivity contribution in [1.29, 1.82) is 0 Å². The van der Waals surface area contributed by atoms with Crippen molar-refractivity contribution >= 4 is 11.6 Å². The molecule has 1 rings (SSSR count). The highest BCUT2D eigenvalue weighted by Crippen LogP contribution is 1.80. The summed E-state index contributed by atoms with van der Waals surface area (Å²) in [7, 11) is 0. The first-order chi connectivity index (χ1) is 4.73. The molecule has 1 nitrogen and oxygen atoms in total. The van der Waals surface area contributed by atoms with Crippen LogP contribution in [0.25, 0.3) is 0 Å². The van der Waals surface area contributed by atoms with Crippen LogP contribution in [0.2, 0.25) is 0 Å². The number of aliphatic hydroxyl groups excluding tert-OH is 1. The van der Waals surface area contributed by atoms with Crippen LogP contribution in [0.3, 0.4) is 0 Å². The largest absolute Gasteiger partial charge is 0.378 e. The van der Waals surface area contributed by atoms with Crippen molar-refractivity contribution in [1.82, 2.24) is 0 Å². The Hall–Kier alpha value is -0.530. The predicted molar refractivity (Wildman–Crippen MR) is 44.0 cm³/mol. The maximum Gasteiger partial charge on any atom is 0.125 e. The Morgan fingerprint density at radius 2 is 1.10 bits per heavy atom. The maximum atomic E-state index is 7.82. The van der Waals surface area contributed by atoms with Gasteiger partial charge in [-0.25, -0.2) is 0 Å². The SMILES string of the molecule is CC(O)Cl.c1ccccc1. The van der Waals surface area contributed by atoms with E-state index in [9.17, 15) is 0 Å². The fourth-order valence-electron chi connectivity index (χ4n) is 0.385. The second-order valence-corrected chi connectivity index (χ2v) is 2.36. The fraction of sp³-hybridized carbons (Fsp3) is 0.250. The van der Waals surface area contributed by atoms with Crippen molar-refractivity contribution in [2.75, 3.05) is 0 Å². The minimum absolute atomic E-state index is 0.694. The van der Waals surface area contributed by atoms with Gasteiger partial charge in [0.15, 0.2) is 0 Å². The molecule has 0 aliphatic rings. The first-order valence-electron chi connectivity index (χ1n) is 3.05. The van der Waals surface area contributed by atoms with E-state index in [4.69, 9.17) is 16.7 Å². The van der Waals surface area contributed by atoms with Crippen LogP contribution in [-0.2, 0) is 0 Å². The Labute approximate surface area is 66.3 Å². The molecule has 0 saturated carbocycles. The van der Waals surface area contributed by atoms with Crippen LogP contribution in [0.1, 0.15) is 6.92 Å². The molecule has 1 N–H and O–H groups in total. The maximum absolute atomic E-state index is 7.82. The number of hydrogen-bond acceptors (Lipinski definition) is 1. The average Bonchev–Trinajstić information content (AvgIpc) is 1.90. The van der Waals surface area contributed by atoms with Gasteiger partial charge in [-0.1, -0.05) is 48.0 Å². The van der Waals surface area contributed by atoms with E-state index in [0.29, 0.717) is 0 Å². The van der Waals surface area contributed by atoms with Crippen LogP contribution in [0.4, 0.5) is 0 Å². The van der Waals surface area contributed by atoms with Gasteiger partial charge in [-0.05, 0) is 6.92 Å². The predicted octanol–water partition coefficient (Wildman–Crippen LogP) is 2.25. The standard InChI is InChI=1S/C6H6.C2H5ClO/c1-2-4-6-5-3-1;1-2(3)4/h1-6H;2,4H,1H3. The van der Waals surface area contributed by atoms with Crippen molar-refractivity contribution in [2.24, 2.45) is 0 Å². The smallest absolute Gasteiger partial charge is 0.125 e. The third-order valence-electron chi connectivity index (χ3n) is 0.667. The summed E-state index contributed by atoms with van der Waals surface area (Å²) >= 11 is 4.83. The molecule has 0 amide bonds. The van der Waals surface area contributed by atoms with Crippen molar-refractivity contribution in [2.45, 2.75) is 12.5 Å². The number of benzene rings is 1. The third-order valence-corrected chi connectivity index (χ3v) is 0.667. The molecule has 1 unspecified atom stereocenters. The third kappa shape index (κ3) is 10.5. The van der Waals surface area contributed by atoms with Gasteiger partial charge in [-0.3, -0.25) is 0 Å². The summed E-state index contributed by atoms with van der Waals surface area (Å²) in [5, 5.41) is 7.82. The lowest BCUT2D eigenvalue weighted by Gasteiger charge is -1.77. The quantitative estimate of drug-likeness (QED) is 0.575. The highest BCUT2D eigenvalue weighted by atomic mass is 35.5. The van der Waals surface area contributed by atoms with E-state index in [1.807, 2.05) is 36.4 Å². The molecule has 0 saturated heterocycles. The Kier molecular flexibility index (Phi) is 6.24. The number of halogens is 1. The Balaban J connectivity index is 0.000000180. The van der Waals surface area contributed by atoms with E-state index >= 15 is 0 Å². The van der Waals surface area contributed by atoms with Crippen LogP contribution < -0.4 is 0 Å². The van der Waals surface area contributed by atoms with Crippen LogP contribution in [0.15, 0.2) is 36.4 Å². The molecule has 1 aromatic carbocycles. The molecule has 2 heteroatoms. The van der Waals surface area contributed by atoms with Crippen LogP contribution >= 0.6 is 11.6 Å².